The van der Waals surface area contributed by atoms with Crippen LogP contribution in [0, 0.1) is 17.8 Å². The molecule has 0 amide bonds. The fraction of sp³-hybridized carbons (Fsp3) is 0.609. The first-order valence-corrected chi connectivity index (χ1v) is 10.00. The summed E-state index contributed by atoms with van der Waals surface area (Å²) >= 11 is 0. The fourth-order valence-corrected chi connectivity index (χ4v) is 6.64. The number of nitrogens with one attached hydrogen (secondary N) is 1. The monoisotopic (exact) mass is 335 g/mol. The zero-order valence-electron chi connectivity index (χ0n) is 15.7. The molecule has 2 nitrogen and oxygen atoms in total. The van der Waals surface area contributed by atoms with Crippen molar-refractivity contribution >= 4 is 17.2 Å². The van der Waals surface area contributed by atoms with Gasteiger partial charge in [0.25, 0.3) is 0 Å². The van der Waals surface area contributed by atoms with Gasteiger partial charge in [0.1, 0.15) is 0 Å². The molecule has 1 aromatic carbocycles. The molecule has 0 spiro atoms. The van der Waals surface area contributed by atoms with Crippen molar-refractivity contribution in [2.75, 3.05) is 0 Å². The van der Waals surface area contributed by atoms with Crippen LogP contribution in [0.2, 0.25) is 0 Å². The van der Waals surface area contributed by atoms with E-state index in [1.165, 1.54) is 49.8 Å². The normalized spacial score (nSPS) is 34.0. The van der Waals surface area contributed by atoms with E-state index >= 15 is 0 Å². The number of aromatic nitrogens is 1. The average molecular weight is 335 g/mol. The molecule has 4 aliphatic rings. The third-order valence-corrected chi connectivity index (χ3v) is 7.39. The van der Waals surface area contributed by atoms with Crippen molar-refractivity contribution < 1.29 is 4.79 Å². The van der Waals surface area contributed by atoms with Gasteiger partial charge >= 0.3 is 0 Å². The predicted octanol–water partition coefficient (Wildman–Crippen LogP) is 5.75. The number of aromatic amines is 1. The third-order valence-electron chi connectivity index (χ3n) is 7.39. The van der Waals surface area contributed by atoms with E-state index in [9.17, 15) is 4.79 Å². The molecular formula is C23H29NO. The highest BCUT2D eigenvalue weighted by Gasteiger charge is 2.53. The number of fused-ring (bicyclic) bond motifs is 1. The van der Waals surface area contributed by atoms with Crippen molar-refractivity contribution in [3.63, 3.8) is 0 Å². The molecule has 4 fully saturated rings. The minimum absolute atomic E-state index is 0.104. The number of carbonyl (C=O) groups is 1. The van der Waals surface area contributed by atoms with Crippen LogP contribution in [0.4, 0.5) is 0 Å². The second-order valence-electron chi connectivity index (χ2n) is 10.2. The van der Waals surface area contributed by atoms with Crippen molar-refractivity contribution in [1.82, 2.24) is 4.98 Å². The Bertz CT molecular complexity index is 816. The molecule has 0 radical (unpaired) electrons. The van der Waals surface area contributed by atoms with Gasteiger partial charge in [-0.25, -0.2) is 0 Å². The number of carbonyl (C=O) groups excluding carboxylic acids is 1. The molecule has 132 valence electrons. The summed E-state index contributed by atoms with van der Waals surface area (Å²) in [5, 5.41) is 1.13. The van der Waals surface area contributed by atoms with Gasteiger partial charge in [-0.05, 0) is 79.4 Å². The Kier molecular flexibility index (Phi) is 3.13. The van der Waals surface area contributed by atoms with Gasteiger partial charge < -0.3 is 4.98 Å². The lowest BCUT2D eigenvalue weighted by molar-refractivity contribution is -0.00710. The summed E-state index contributed by atoms with van der Waals surface area (Å²) in [6, 6.07) is 6.66. The van der Waals surface area contributed by atoms with Crippen LogP contribution in [0.15, 0.2) is 18.2 Å². The molecule has 4 saturated carbocycles. The van der Waals surface area contributed by atoms with Gasteiger partial charge in [-0.1, -0.05) is 26.8 Å². The largest absolute Gasteiger partial charge is 0.357 e. The molecule has 4 bridgehead atoms. The molecule has 2 heteroatoms. The lowest BCUT2D eigenvalue weighted by atomic mass is 9.48. The maximum atomic E-state index is 12.1. The molecule has 1 heterocycles. The van der Waals surface area contributed by atoms with Crippen LogP contribution in [-0.4, -0.2) is 11.3 Å². The van der Waals surface area contributed by atoms with Crippen LogP contribution >= 0.6 is 0 Å². The number of H-pyrrole nitrogens is 1. The van der Waals surface area contributed by atoms with Gasteiger partial charge in [0.2, 0.25) is 0 Å². The summed E-state index contributed by atoms with van der Waals surface area (Å²) in [4.78, 5) is 15.9. The van der Waals surface area contributed by atoms with Crippen molar-refractivity contribution in [2.24, 2.45) is 17.8 Å². The molecular weight excluding hydrogens is 306 g/mol. The minimum atomic E-state index is 0.104. The highest BCUT2D eigenvalue weighted by Crippen LogP contribution is 2.61. The summed E-state index contributed by atoms with van der Waals surface area (Å²) in [6.07, 6.45) is 9.30. The Hall–Kier alpha value is -1.57. The Labute approximate surface area is 150 Å². The van der Waals surface area contributed by atoms with E-state index in [0.29, 0.717) is 0 Å². The topological polar surface area (TPSA) is 32.9 Å². The van der Waals surface area contributed by atoms with Crippen LogP contribution in [-0.2, 0) is 10.8 Å². The molecule has 1 N–H and O–H groups in total. The van der Waals surface area contributed by atoms with E-state index in [0.717, 1.165) is 40.5 Å². The molecule has 2 aromatic rings. The van der Waals surface area contributed by atoms with E-state index in [-0.39, 0.29) is 10.8 Å². The van der Waals surface area contributed by atoms with Gasteiger partial charge in [0.15, 0.2) is 6.29 Å². The standard InChI is InChI=1S/C23H29NO/c1-22(2,3)17-4-5-20-18(9-17)19(13-25)21(24-20)23-10-14-6-15(11-23)8-16(7-14)12-23/h4-5,9,13-16,24H,6-8,10-12H2,1-3H3. The molecule has 4 aliphatic carbocycles. The smallest absolute Gasteiger partial charge is 0.152 e. The van der Waals surface area contributed by atoms with Crippen molar-refractivity contribution in [1.29, 1.82) is 0 Å². The van der Waals surface area contributed by atoms with Crippen molar-refractivity contribution in [2.45, 2.75) is 70.1 Å². The Morgan fingerprint density at radius 3 is 2.16 bits per heavy atom. The third kappa shape index (κ3) is 2.26. The summed E-state index contributed by atoms with van der Waals surface area (Å²) in [7, 11) is 0. The highest BCUT2D eigenvalue weighted by atomic mass is 16.1. The van der Waals surface area contributed by atoms with E-state index in [4.69, 9.17) is 0 Å². The van der Waals surface area contributed by atoms with Crippen molar-refractivity contribution in [3.05, 3.63) is 35.0 Å². The van der Waals surface area contributed by atoms with Gasteiger partial charge in [0.05, 0.1) is 0 Å². The summed E-state index contributed by atoms with van der Waals surface area (Å²) in [5.74, 6) is 2.67. The molecule has 6 rings (SSSR count). The second-order valence-corrected chi connectivity index (χ2v) is 10.2. The first-order valence-electron chi connectivity index (χ1n) is 10.00. The van der Waals surface area contributed by atoms with Crippen LogP contribution in [0.5, 0.6) is 0 Å². The summed E-state index contributed by atoms with van der Waals surface area (Å²) in [5.41, 5.74) is 5.00. The number of hydrogen-bond donors (Lipinski definition) is 1. The van der Waals surface area contributed by atoms with Crippen molar-refractivity contribution in [3.8, 4) is 0 Å². The zero-order chi connectivity index (χ0) is 17.4. The summed E-state index contributed by atoms with van der Waals surface area (Å²) < 4.78 is 0. The maximum absolute atomic E-state index is 12.1. The van der Waals surface area contributed by atoms with Gasteiger partial charge in [-0.15, -0.1) is 0 Å². The van der Waals surface area contributed by atoms with Crippen LogP contribution in [0.3, 0.4) is 0 Å². The van der Waals surface area contributed by atoms with Crippen LogP contribution < -0.4 is 0 Å². The maximum Gasteiger partial charge on any atom is 0.152 e. The molecule has 0 atom stereocenters. The number of benzene rings is 1. The number of hydrogen-bond acceptors (Lipinski definition) is 1. The van der Waals surface area contributed by atoms with E-state index < -0.39 is 0 Å². The van der Waals surface area contributed by atoms with E-state index in [1.807, 2.05) is 0 Å². The molecule has 0 unspecified atom stereocenters. The molecule has 1 aromatic heterocycles. The quantitative estimate of drug-likeness (QED) is 0.697. The second kappa shape index (κ2) is 4.99. The fourth-order valence-electron chi connectivity index (χ4n) is 6.64. The highest BCUT2D eigenvalue weighted by molar-refractivity contribution is 5.99. The van der Waals surface area contributed by atoms with E-state index in [2.05, 4.69) is 44.0 Å². The first-order chi connectivity index (χ1) is 11.9. The van der Waals surface area contributed by atoms with Crippen LogP contribution in [0.1, 0.15) is 80.9 Å². The van der Waals surface area contributed by atoms with Gasteiger partial charge in [0, 0.05) is 27.6 Å². The van der Waals surface area contributed by atoms with E-state index in [1.54, 1.807) is 0 Å². The average Bonchev–Trinajstić information content (AvgIpc) is 2.91. The van der Waals surface area contributed by atoms with Crippen LogP contribution in [0.25, 0.3) is 10.9 Å². The summed E-state index contributed by atoms with van der Waals surface area (Å²) in [6.45, 7) is 6.71. The predicted molar refractivity (Wildman–Crippen MR) is 102 cm³/mol. The Morgan fingerprint density at radius 2 is 1.64 bits per heavy atom. The zero-order valence-corrected chi connectivity index (χ0v) is 15.7. The Balaban J connectivity index is 1.68. The minimum Gasteiger partial charge on any atom is -0.357 e. The van der Waals surface area contributed by atoms with Gasteiger partial charge in [-0.3, -0.25) is 4.79 Å². The SMILES string of the molecule is CC(C)(C)c1ccc2[nH]c(C34CC5CC(CC(C5)C3)C4)c(C=O)c2c1. The first kappa shape index (κ1) is 15.7. The number of rotatable bonds is 2. The number of aldehydes is 1. The molecule has 0 saturated heterocycles. The lowest BCUT2D eigenvalue weighted by Gasteiger charge is -2.56. The van der Waals surface area contributed by atoms with Gasteiger partial charge in [-0.2, -0.15) is 0 Å². The lowest BCUT2D eigenvalue weighted by Crippen LogP contribution is -2.49. The molecule has 25 heavy (non-hydrogen) atoms. The Morgan fingerprint density at radius 1 is 1.04 bits per heavy atom. The molecule has 0 aliphatic heterocycles.